The molecule has 1 spiro atoms. The van der Waals surface area contributed by atoms with Crippen molar-refractivity contribution in [1.29, 1.82) is 0 Å². The predicted molar refractivity (Wildman–Crippen MR) is 84.8 cm³/mol. The first kappa shape index (κ1) is 16.0. The molecule has 1 saturated carbocycles. The molecule has 5 nitrogen and oxygen atoms in total. The number of nitrogens with zero attached hydrogens (tertiary/aromatic N) is 1. The molecule has 1 saturated heterocycles. The molecule has 1 aliphatic heterocycles. The van der Waals surface area contributed by atoms with Crippen molar-refractivity contribution in [2.45, 2.75) is 44.6 Å². The van der Waals surface area contributed by atoms with E-state index in [1.54, 1.807) is 12.1 Å². The van der Waals surface area contributed by atoms with Gasteiger partial charge in [0.15, 0.2) is 0 Å². The molecule has 0 bridgehead atoms. The van der Waals surface area contributed by atoms with Crippen LogP contribution in [0.3, 0.4) is 0 Å². The van der Waals surface area contributed by atoms with Gasteiger partial charge in [0.2, 0.25) is 11.8 Å². The van der Waals surface area contributed by atoms with Crippen LogP contribution in [-0.2, 0) is 9.59 Å². The summed E-state index contributed by atoms with van der Waals surface area (Å²) in [5.74, 6) is 0.408. The maximum atomic E-state index is 12.7. The maximum Gasteiger partial charge on any atom is 0.235 e. The number of carbonyl (C=O) groups is 2. The average molecular weight is 317 g/mol. The number of carbonyl (C=O) groups excluding carboxylic acids is 2. The molecule has 1 aliphatic carbocycles. The second-order valence-corrected chi connectivity index (χ2v) is 6.61. The molecule has 5 heteroatoms. The lowest BCUT2D eigenvalue weighted by Crippen LogP contribution is -2.42. The van der Waals surface area contributed by atoms with Crippen molar-refractivity contribution in [2.75, 3.05) is 13.2 Å². The van der Waals surface area contributed by atoms with Crippen LogP contribution in [0.15, 0.2) is 30.3 Å². The van der Waals surface area contributed by atoms with E-state index in [4.69, 9.17) is 4.74 Å². The van der Waals surface area contributed by atoms with Gasteiger partial charge in [-0.05, 0) is 25.0 Å². The summed E-state index contributed by atoms with van der Waals surface area (Å²) >= 11 is 0. The minimum Gasteiger partial charge on any atom is -0.491 e. The summed E-state index contributed by atoms with van der Waals surface area (Å²) in [6, 6.07) is 9.18. The van der Waals surface area contributed by atoms with Gasteiger partial charge in [0.05, 0.1) is 12.0 Å². The lowest BCUT2D eigenvalue weighted by molar-refractivity contribution is -0.144. The lowest BCUT2D eigenvalue weighted by Gasteiger charge is -2.30. The number of para-hydroxylation sites is 1. The summed E-state index contributed by atoms with van der Waals surface area (Å²) in [6.07, 6.45) is 4.17. The largest absolute Gasteiger partial charge is 0.491 e. The number of imide groups is 1. The second kappa shape index (κ2) is 6.71. The molecular formula is C18H23NO4. The molecule has 1 heterocycles. The Labute approximate surface area is 136 Å². The molecule has 124 valence electrons. The molecule has 2 fully saturated rings. The van der Waals surface area contributed by atoms with Crippen LogP contribution in [-0.4, -0.2) is 41.1 Å². The van der Waals surface area contributed by atoms with Crippen LogP contribution in [0.4, 0.5) is 0 Å². The zero-order chi connectivity index (χ0) is 16.3. The van der Waals surface area contributed by atoms with Crippen molar-refractivity contribution in [3.05, 3.63) is 30.3 Å². The van der Waals surface area contributed by atoms with Crippen molar-refractivity contribution in [1.82, 2.24) is 4.90 Å². The van der Waals surface area contributed by atoms with Crippen LogP contribution in [0.1, 0.15) is 38.5 Å². The zero-order valence-electron chi connectivity index (χ0n) is 13.2. The minimum absolute atomic E-state index is 0.0201. The van der Waals surface area contributed by atoms with Crippen molar-refractivity contribution in [3.8, 4) is 5.75 Å². The van der Waals surface area contributed by atoms with Gasteiger partial charge in [-0.25, -0.2) is 0 Å². The SMILES string of the molecule is O=C1CC2(CCCCC2)C(=O)N1CC(O)COc1ccccc1. The van der Waals surface area contributed by atoms with Gasteiger partial charge >= 0.3 is 0 Å². The van der Waals surface area contributed by atoms with E-state index in [0.717, 1.165) is 32.1 Å². The standard InChI is InChI=1S/C18H23NO4/c20-14(13-23-15-7-3-1-4-8-15)12-19-16(21)11-18(17(19)22)9-5-2-6-10-18/h1,3-4,7-8,14,20H,2,5-6,9-13H2. The van der Waals surface area contributed by atoms with Gasteiger partial charge in [-0.1, -0.05) is 37.5 Å². The fraction of sp³-hybridized carbons (Fsp3) is 0.556. The molecule has 1 atom stereocenters. The maximum absolute atomic E-state index is 12.7. The Morgan fingerprint density at radius 2 is 1.83 bits per heavy atom. The Morgan fingerprint density at radius 3 is 2.52 bits per heavy atom. The summed E-state index contributed by atoms with van der Waals surface area (Å²) in [5, 5.41) is 10.1. The Balaban J connectivity index is 1.56. The monoisotopic (exact) mass is 317 g/mol. The molecule has 1 aromatic carbocycles. The van der Waals surface area contributed by atoms with E-state index in [0.29, 0.717) is 12.2 Å². The number of ether oxygens (including phenoxy) is 1. The van der Waals surface area contributed by atoms with E-state index in [1.165, 1.54) is 4.90 Å². The van der Waals surface area contributed by atoms with Crippen LogP contribution < -0.4 is 4.74 Å². The highest BCUT2D eigenvalue weighted by Gasteiger charge is 2.51. The van der Waals surface area contributed by atoms with E-state index in [1.807, 2.05) is 18.2 Å². The highest BCUT2D eigenvalue weighted by Crippen LogP contribution is 2.45. The zero-order valence-corrected chi connectivity index (χ0v) is 13.2. The van der Waals surface area contributed by atoms with Crippen molar-refractivity contribution in [2.24, 2.45) is 5.41 Å². The predicted octanol–water partition coefficient (Wildman–Crippen LogP) is 2.14. The summed E-state index contributed by atoms with van der Waals surface area (Å²) in [5.41, 5.74) is -0.491. The summed E-state index contributed by atoms with van der Waals surface area (Å²) < 4.78 is 5.49. The number of aliphatic hydroxyl groups is 1. The Morgan fingerprint density at radius 1 is 1.13 bits per heavy atom. The van der Waals surface area contributed by atoms with E-state index in [9.17, 15) is 14.7 Å². The molecular weight excluding hydrogens is 294 g/mol. The van der Waals surface area contributed by atoms with Gasteiger partial charge in [-0.3, -0.25) is 14.5 Å². The Bertz CT molecular complexity index is 566. The Hall–Kier alpha value is -1.88. The molecule has 0 aromatic heterocycles. The first-order valence-corrected chi connectivity index (χ1v) is 8.31. The Kier molecular flexibility index (Phi) is 4.66. The highest BCUT2D eigenvalue weighted by molar-refractivity contribution is 6.05. The van der Waals surface area contributed by atoms with Crippen LogP contribution in [0.5, 0.6) is 5.75 Å². The minimum atomic E-state index is -0.873. The fourth-order valence-corrected chi connectivity index (χ4v) is 3.64. The molecule has 3 rings (SSSR count). The van der Waals surface area contributed by atoms with Crippen LogP contribution >= 0.6 is 0 Å². The highest BCUT2D eigenvalue weighted by atomic mass is 16.5. The first-order chi connectivity index (χ1) is 11.1. The van der Waals surface area contributed by atoms with Crippen LogP contribution in [0, 0.1) is 5.41 Å². The third kappa shape index (κ3) is 3.39. The van der Waals surface area contributed by atoms with Crippen LogP contribution in [0.2, 0.25) is 0 Å². The number of likely N-dealkylation sites (tertiary alicyclic amines) is 1. The fourth-order valence-electron chi connectivity index (χ4n) is 3.64. The number of benzene rings is 1. The van der Waals surface area contributed by atoms with Gasteiger partial charge in [0.25, 0.3) is 0 Å². The number of amides is 2. The van der Waals surface area contributed by atoms with Gasteiger partial charge in [0, 0.05) is 6.42 Å². The van der Waals surface area contributed by atoms with E-state index in [2.05, 4.69) is 0 Å². The topological polar surface area (TPSA) is 66.8 Å². The van der Waals surface area contributed by atoms with Gasteiger partial charge in [-0.2, -0.15) is 0 Å². The molecule has 1 aromatic rings. The number of rotatable bonds is 5. The molecule has 23 heavy (non-hydrogen) atoms. The molecule has 0 radical (unpaired) electrons. The average Bonchev–Trinajstić information content (AvgIpc) is 2.79. The van der Waals surface area contributed by atoms with E-state index in [-0.39, 0.29) is 25.0 Å². The molecule has 1 unspecified atom stereocenters. The van der Waals surface area contributed by atoms with Gasteiger partial charge in [0.1, 0.15) is 18.5 Å². The van der Waals surface area contributed by atoms with Crippen LogP contribution in [0.25, 0.3) is 0 Å². The lowest BCUT2D eigenvalue weighted by atomic mass is 9.73. The smallest absolute Gasteiger partial charge is 0.235 e. The van der Waals surface area contributed by atoms with Crippen molar-refractivity contribution >= 4 is 11.8 Å². The number of β-amino-alcohol motifs (C(OH)–C–C–N with tert-alkyl or cyclic N) is 1. The quantitative estimate of drug-likeness (QED) is 0.845. The third-order valence-corrected chi connectivity index (χ3v) is 4.88. The van der Waals surface area contributed by atoms with Crippen molar-refractivity contribution < 1.29 is 19.4 Å². The summed E-state index contributed by atoms with van der Waals surface area (Å²) in [4.78, 5) is 26.1. The number of aliphatic hydroxyl groups excluding tert-OH is 1. The van der Waals surface area contributed by atoms with Gasteiger partial charge < -0.3 is 9.84 Å². The number of hydrogen-bond acceptors (Lipinski definition) is 4. The summed E-state index contributed by atoms with van der Waals surface area (Å²) in [6.45, 7) is 0.0837. The third-order valence-electron chi connectivity index (χ3n) is 4.88. The number of hydrogen-bond donors (Lipinski definition) is 1. The molecule has 2 amide bonds. The van der Waals surface area contributed by atoms with E-state index >= 15 is 0 Å². The van der Waals surface area contributed by atoms with E-state index < -0.39 is 11.5 Å². The van der Waals surface area contributed by atoms with Gasteiger partial charge in [-0.15, -0.1) is 0 Å². The molecule has 1 N–H and O–H groups in total. The molecule has 2 aliphatic rings. The normalized spacial score (nSPS) is 21.7. The first-order valence-electron chi connectivity index (χ1n) is 8.31. The second-order valence-electron chi connectivity index (χ2n) is 6.61. The summed E-state index contributed by atoms with van der Waals surface area (Å²) in [7, 11) is 0. The van der Waals surface area contributed by atoms with Crippen molar-refractivity contribution in [3.63, 3.8) is 0 Å².